The summed E-state index contributed by atoms with van der Waals surface area (Å²) in [6.45, 7) is 6.72. The molecule has 1 aromatic carbocycles. The summed E-state index contributed by atoms with van der Waals surface area (Å²) in [5, 5.41) is 7.36. The number of hydrogen-bond donors (Lipinski definition) is 2. The molecule has 3 N–H and O–H groups in total. The van der Waals surface area contributed by atoms with Crippen molar-refractivity contribution in [3.05, 3.63) is 53.1 Å². The van der Waals surface area contributed by atoms with E-state index in [9.17, 15) is 4.39 Å². The number of rotatable bonds is 3. The van der Waals surface area contributed by atoms with Crippen LogP contribution in [0.5, 0.6) is 0 Å². The number of nitrogens with zero attached hydrogens (tertiary/aromatic N) is 1. The van der Waals surface area contributed by atoms with Gasteiger partial charge in [-0.3, -0.25) is 5.10 Å². The quantitative estimate of drug-likeness (QED) is 0.892. The van der Waals surface area contributed by atoms with Gasteiger partial charge in [0, 0.05) is 23.6 Å². The van der Waals surface area contributed by atoms with E-state index in [-0.39, 0.29) is 17.2 Å². The van der Waals surface area contributed by atoms with Crippen molar-refractivity contribution in [3.63, 3.8) is 0 Å². The van der Waals surface area contributed by atoms with Gasteiger partial charge in [0.15, 0.2) is 0 Å². The summed E-state index contributed by atoms with van der Waals surface area (Å²) in [4.78, 5) is 0. The molecule has 0 aliphatic carbocycles. The lowest BCUT2D eigenvalue weighted by Gasteiger charge is -2.15. The van der Waals surface area contributed by atoms with Crippen LogP contribution in [-0.2, 0) is 5.41 Å². The highest BCUT2D eigenvalue weighted by molar-refractivity contribution is 5.31. The molecule has 0 aliphatic rings. The smallest absolute Gasteiger partial charge is 0.123 e. The number of benzene rings is 1. The van der Waals surface area contributed by atoms with Crippen molar-refractivity contribution in [2.24, 2.45) is 5.73 Å². The van der Waals surface area contributed by atoms with Crippen LogP contribution >= 0.6 is 0 Å². The van der Waals surface area contributed by atoms with Crippen molar-refractivity contribution in [2.45, 2.75) is 32.1 Å². The van der Waals surface area contributed by atoms with E-state index < -0.39 is 0 Å². The first kappa shape index (κ1) is 13.7. The monoisotopic (exact) mass is 261 g/mol. The van der Waals surface area contributed by atoms with Crippen LogP contribution in [0.25, 0.3) is 0 Å². The molecule has 0 spiro atoms. The highest BCUT2D eigenvalue weighted by Crippen LogP contribution is 2.27. The third-order valence-electron chi connectivity index (χ3n) is 3.23. The molecule has 4 heteroatoms. The topological polar surface area (TPSA) is 54.7 Å². The summed E-state index contributed by atoms with van der Waals surface area (Å²) in [7, 11) is 0. The maximum Gasteiger partial charge on any atom is 0.123 e. The van der Waals surface area contributed by atoms with Gasteiger partial charge in [-0.05, 0) is 23.8 Å². The van der Waals surface area contributed by atoms with E-state index in [2.05, 4.69) is 31.0 Å². The zero-order chi connectivity index (χ0) is 14.0. The molecule has 19 heavy (non-hydrogen) atoms. The summed E-state index contributed by atoms with van der Waals surface area (Å²) in [5.74, 6) is -0.300. The molecule has 0 bridgehead atoms. The number of aromatic nitrogens is 2. The molecular formula is C15H20FN3. The highest BCUT2D eigenvalue weighted by Gasteiger charge is 2.21. The normalized spacial score (nSPS) is 13.5. The minimum atomic E-state index is -0.244. The fourth-order valence-corrected chi connectivity index (χ4v) is 2.07. The van der Waals surface area contributed by atoms with Crippen molar-refractivity contribution < 1.29 is 4.39 Å². The van der Waals surface area contributed by atoms with Crippen LogP contribution in [0.2, 0.25) is 0 Å². The van der Waals surface area contributed by atoms with E-state index >= 15 is 0 Å². The fraction of sp³-hybridized carbons (Fsp3) is 0.400. The van der Waals surface area contributed by atoms with Crippen molar-refractivity contribution in [1.29, 1.82) is 0 Å². The molecule has 2 rings (SSSR count). The van der Waals surface area contributed by atoms with E-state index in [1.807, 2.05) is 12.1 Å². The van der Waals surface area contributed by atoms with Gasteiger partial charge in [-0.1, -0.05) is 32.9 Å². The van der Waals surface area contributed by atoms with Crippen molar-refractivity contribution in [2.75, 3.05) is 6.54 Å². The van der Waals surface area contributed by atoms with E-state index in [0.717, 1.165) is 17.0 Å². The van der Waals surface area contributed by atoms with Crippen LogP contribution in [0.3, 0.4) is 0 Å². The van der Waals surface area contributed by atoms with Crippen LogP contribution < -0.4 is 5.73 Å². The van der Waals surface area contributed by atoms with Gasteiger partial charge in [0.2, 0.25) is 0 Å². The molecule has 0 fully saturated rings. The summed E-state index contributed by atoms with van der Waals surface area (Å²) < 4.78 is 13.3. The Labute approximate surface area is 113 Å². The van der Waals surface area contributed by atoms with E-state index in [1.165, 1.54) is 12.1 Å². The minimum absolute atomic E-state index is 0.0180. The van der Waals surface area contributed by atoms with Crippen molar-refractivity contribution >= 4 is 0 Å². The zero-order valence-electron chi connectivity index (χ0n) is 11.6. The predicted octanol–water partition coefficient (Wildman–Crippen LogP) is 2.94. The lowest BCUT2D eigenvalue weighted by Crippen LogP contribution is -2.14. The molecule has 1 aromatic heterocycles. The molecule has 1 heterocycles. The Morgan fingerprint density at radius 3 is 2.58 bits per heavy atom. The molecule has 2 aromatic rings. The Hall–Kier alpha value is -1.68. The number of nitrogens with one attached hydrogen (secondary N) is 1. The fourth-order valence-electron chi connectivity index (χ4n) is 2.07. The zero-order valence-corrected chi connectivity index (χ0v) is 11.6. The van der Waals surface area contributed by atoms with Crippen LogP contribution in [0, 0.1) is 5.82 Å². The van der Waals surface area contributed by atoms with Crippen LogP contribution in [0.4, 0.5) is 4.39 Å². The Morgan fingerprint density at radius 1 is 1.32 bits per heavy atom. The first-order chi connectivity index (χ1) is 8.91. The van der Waals surface area contributed by atoms with Crippen molar-refractivity contribution in [1.82, 2.24) is 10.2 Å². The van der Waals surface area contributed by atoms with Gasteiger partial charge in [-0.2, -0.15) is 5.10 Å². The second-order valence-corrected chi connectivity index (χ2v) is 5.80. The standard InChI is InChI=1S/C15H20FN3/c1-15(2,3)14-8-13(18-19-14)12(9-17)10-5-4-6-11(16)7-10/h4-8,12H,9,17H2,1-3H3,(H,18,19). The number of halogens is 1. The molecule has 0 radical (unpaired) electrons. The van der Waals surface area contributed by atoms with E-state index in [1.54, 1.807) is 6.07 Å². The van der Waals surface area contributed by atoms with Gasteiger partial charge in [-0.25, -0.2) is 4.39 Å². The van der Waals surface area contributed by atoms with Gasteiger partial charge in [0.25, 0.3) is 0 Å². The predicted molar refractivity (Wildman–Crippen MR) is 74.6 cm³/mol. The van der Waals surface area contributed by atoms with Gasteiger partial charge in [0.05, 0.1) is 5.69 Å². The highest BCUT2D eigenvalue weighted by atomic mass is 19.1. The molecule has 0 aliphatic heterocycles. The maximum absolute atomic E-state index is 13.3. The Kier molecular flexibility index (Phi) is 3.71. The van der Waals surface area contributed by atoms with Gasteiger partial charge in [0.1, 0.15) is 5.82 Å². The average molecular weight is 261 g/mol. The molecule has 0 saturated heterocycles. The third kappa shape index (κ3) is 3.01. The third-order valence-corrected chi connectivity index (χ3v) is 3.23. The second-order valence-electron chi connectivity index (χ2n) is 5.80. The summed E-state index contributed by atoms with van der Waals surface area (Å²) in [6, 6.07) is 8.56. The Morgan fingerprint density at radius 2 is 2.05 bits per heavy atom. The lowest BCUT2D eigenvalue weighted by molar-refractivity contribution is 0.567. The van der Waals surface area contributed by atoms with E-state index in [0.29, 0.717) is 6.54 Å². The van der Waals surface area contributed by atoms with Crippen LogP contribution in [0.1, 0.15) is 43.6 Å². The molecule has 1 unspecified atom stereocenters. The second kappa shape index (κ2) is 5.13. The Bertz CT molecular complexity index is 555. The summed E-state index contributed by atoms with van der Waals surface area (Å²) >= 11 is 0. The molecule has 3 nitrogen and oxygen atoms in total. The summed E-state index contributed by atoms with van der Waals surface area (Å²) in [5.41, 5.74) is 8.60. The molecule has 102 valence electrons. The van der Waals surface area contributed by atoms with Gasteiger partial charge < -0.3 is 5.73 Å². The largest absolute Gasteiger partial charge is 0.329 e. The average Bonchev–Trinajstić information content (AvgIpc) is 2.79. The van der Waals surface area contributed by atoms with Crippen LogP contribution in [-0.4, -0.2) is 16.7 Å². The summed E-state index contributed by atoms with van der Waals surface area (Å²) in [6.07, 6.45) is 0. The molecular weight excluding hydrogens is 241 g/mol. The Balaban J connectivity index is 2.35. The van der Waals surface area contributed by atoms with Crippen molar-refractivity contribution in [3.8, 4) is 0 Å². The number of hydrogen-bond acceptors (Lipinski definition) is 2. The maximum atomic E-state index is 13.3. The van der Waals surface area contributed by atoms with Gasteiger partial charge in [-0.15, -0.1) is 0 Å². The molecule has 0 amide bonds. The van der Waals surface area contributed by atoms with Crippen LogP contribution in [0.15, 0.2) is 30.3 Å². The van der Waals surface area contributed by atoms with Gasteiger partial charge >= 0.3 is 0 Å². The first-order valence-electron chi connectivity index (χ1n) is 6.43. The molecule has 1 atom stereocenters. The number of aromatic amines is 1. The number of H-pyrrole nitrogens is 1. The van der Waals surface area contributed by atoms with E-state index in [4.69, 9.17) is 5.73 Å². The number of nitrogens with two attached hydrogens (primary N) is 1. The first-order valence-corrected chi connectivity index (χ1v) is 6.43. The molecule has 0 saturated carbocycles. The minimum Gasteiger partial charge on any atom is -0.329 e. The lowest BCUT2D eigenvalue weighted by atomic mass is 9.90. The SMILES string of the molecule is CC(C)(C)c1cc(C(CN)c2cccc(F)c2)[nH]n1.